The molecule has 34 heavy (non-hydrogen) atoms. The van der Waals surface area contributed by atoms with Gasteiger partial charge in [-0.1, -0.05) is 23.8 Å². The molecule has 2 aromatic rings. The van der Waals surface area contributed by atoms with Crippen LogP contribution in [-0.4, -0.2) is 50.3 Å². The normalized spacial score (nSPS) is 13.6. The quantitative estimate of drug-likeness (QED) is 0.315. The number of esters is 1. The van der Waals surface area contributed by atoms with Gasteiger partial charge < -0.3 is 10.1 Å². The van der Waals surface area contributed by atoms with Crippen LogP contribution in [0.1, 0.15) is 41.6 Å². The first-order valence-electron chi connectivity index (χ1n) is 10.7. The second-order valence-electron chi connectivity index (χ2n) is 7.74. The van der Waals surface area contributed by atoms with Crippen molar-refractivity contribution in [1.29, 1.82) is 0 Å². The molecule has 0 saturated carbocycles. The maximum atomic E-state index is 12.3. The van der Waals surface area contributed by atoms with E-state index < -0.39 is 22.0 Å². The topological polar surface area (TPSA) is 139 Å². The summed E-state index contributed by atoms with van der Waals surface area (Å²) in [6.45, 7) is 2.21. The number of imide groups is 1. The molecule has 11 heteroatoms. The van der Waals surface area contributed by atoms with Crippen molar-refractivity contribution in [2.24, 2.45) is 0 Å². The van der Waals surface area contributed by atoms with Gasteiger partial charge in [-0.3, -0.25) is 14.5 Å². The maximum Gasteiger partial charge on any atom is 0.338 e. The fourth-order valence-corrected chi connectivity index (χ4v) is 4.18. The molecule has 1 aliphatic heterocycles. The predicted octanol–water partition coefficient (Wildman–Crippen LogP) is 2.59. The highest BCUT2D eigenvalue weighted by atomic mass is 32.2. The van der Waals surface area contributed by atoms with Gasteiger partial charge in [0.25, 0.3) is 10.0 Å². The molecule has 0 spiro atoms. The maximum absolute atomic E-state index is 12.3. The highest BCUT2D eigenvalue weighted by molar-refractivity contribution is 7.90. The van der Waals surface area contributed by atoms with Gasteiger partial charge in [0.2, 0.25) is 11.8 Å². The molecule has 2 aromatic carbocycles. The standard InChI is InChI=1S/C23H25N3O7S/c1-16-7-9-19(10-8-16)34(31,32)25-23(30)24-18-6-4-5-17(15-18)22(29)33-14-3-2-13-26-20(27)11-12-21(26)28/h4-10,15H,2-3,11-14H2,1H3,(H2,24,25,30). The minimum Gasteiger partial charge on any atom is -0.462 e. The number of likely N-dealkylation sites (tertiary alicyclic amines) is 1. The lowest BCUT2D eigenvalue weighted by atomic mass is 10.2. The molecule has 180 valence electrons. The van der Waals surface area contributed by atoms with Crippen LogP contribution in [0.15, 0.2) is 53.4 Å². The molecule has 1 heterocycles. The van der Waals surface area contributed by atoms with Gasteiger partial charge in [0.05, 0.1) is 17.1 Å². The second-order valence-corrected chi connectivity index (χ2v) is 9.42. The Bertz CT molecular complexity index is 1180. The number of amides is 4. The van der Waals surface area contributed by atoms with Gasteiger partial charge in [-0.25, -0.2) is 22.7 Å². The Morgan fingerprint density at radius 1 is 1.00 bits per heavy atom. The zero-order valence-electron chi connectivity index (χ0n) is 18.6. The molecule has 0 aromatic heterocycles. The monoisotopic (exact) mass is 487 g/mol. The number of hydrogen-bond acceptors (Lipinski definition) is 7. The molecular weight excluding hydrogens is 462 g/mol. The number of nitrogens with one attached hydrogen (secondary N) is 2. The summed E-state index contributed by atoms with van der Waals surface area (Å²) in [5.41, 5.74) is 1.25. The molecular formula is C23H25N3O7S. The Kier molecular flexibility index (Phi) is 8.00. The van der Waals surface area contributed by atoms with Crippen LogP contribution in [0, 0.1) is 6.92 Å². The molecule has 0 radical (unpaired) electrons. The van der Waals surface area contributed by atoms with Crippen molar-refractivity contribution in [2.75, 3.05) is 18.5 Å². The number of hydrogen-bond donors (Lipinski definition) is 2. The summed E-state index contributed by atoms with van der Waals surface area (Å²) in [6, 6.07) is 10.9. The first-order chi connectivity index (χ1) is 16.2. The van der Waals surface area contributed by atoms with E-state index in [4.69, 9.17) is 4.74 Å². The van der Waals surface area contributed by atoms with Crippen molar-refractivity contribution in [1.82, 2.24) is 9.62 Å². The molecule has 0 atom stereocenters. The summed E-state index contributed by atoms with van der Waals surface area (Å²) < 4.78 is 31.8. The van der Waals surface area contributed by atoms with E-state index in [9.17, 15) is 27.6 Å². The van der Waals surface area contributed by atoms with Crippen LogP contribution < -0.4 is 10.0 Å². The summed E-state index contributed by atoms with van der Waals surface area (Å²) >= 11 is 0. The summed E-state index contributed by atoms with van der Waals surface area (Å²) in [7, 11) is -4.05. The summed E-state index contributed by atoms with van der Waals surface area (Å²) in [4.78, 5) is 48.8. The van der Waals surface area contributed by atoms with E-state index in [1.807, 2.05) is 11.6 Å². The molecule has 0 bridgehead atoms. The lowest BCUT2D eigenvalue weighted by Gasteiger charge is -2.13. The highest BCUT2D eigenvalue weighted by Crippen LogP contribution is 2.15. The first-order valence-corrected chi connectivity index (χ1v) is 12.1. The van der Waals surface area contributed by atoms with Crippen molar-refractivity contribution in [3.63, 3.8) is 0 Å². The van der Waals surface area contributed by atoms with Crippen LogP contribution in [0.25, 0.3) is 0 Å². The van der Waals surface area contributed by atoms with Crippen LogP contribution in [-0.2, 0) is 24.3 Å². The lowest BCUT2D eigenvalue weighted by molar-refractivity contribution is -0.138. The van der Waals surface area contributed by atoms with E-state index in [0.29, 0.717) is 19.4 Å². The number of sulfonamides is 1. The SMILES string of the molecule is Cc1ccc(S(=O)(=O)NC(=O)Nc2cccc(C(=O)OCCCCN3C(=O)CCC3=O)c2)cc1. The van der Waals surface area contributed by atoms with E-state index in [-0.39, 0.29) is 47.4 Å². The zero-order valence-corrected chi connectivity index (χ0v) is 19.4. The average Bonchev–Trinajstić information content (AvgIpc) is 3.10. The number of aryl methyl sites for hydroxylation is 1. The molecule has 2 N–H and O–H groups in total. The number of ether oxygens (including phenoxy) is 1. The largest absolute Gasteiger partial charge is 0.462 e. The number of rotatable bonds is 9. The number of anilines is 1. The summed E-state index contributed by atoms with van der Waals surface area (Å²) in [5.74, 6) is -0.978. The van der Waals surface area contributed by atoms with Crippen LogP contribution >= 0.6 is 0 Å². The third kappa shape index (κ3) is 6.64. The van der Waals surface area contributed by atoms with Crippen LogP contribution in [0.4, 0.5) is 10.5 Å². The highest BCUT2D eigenvalue weighted by Gasteiger charge is 2.27. The first kappa shape index (κ1) is 24.9. The van der Waals surface area contributed by atoms with Gasteiger partial charge in [-0.05, 0) is 50.1 Å². The Labute approximate surface area is 197 Å². The molecule has 0 aliphatic carbocycles. The number of benzene rings is 2. The van der Waals surface area contributed by atoms with Gasteiger partial charge in [-0.15, -0.1) is 0 Å². The minimum atomic E-state index is -4.05. The van der Waals surface area contributed by atoms with E-state index in [2.05, 4.69) is 5.32 Å². The van der Waals surface area contributed by atoms with E-state index in [1.54, 1.807) is 12.1 Å². The van der Waals surface area contributed by atoms with Gasteiger partial charge in [0, 0.05) is 25.1 Å². The second kappa shape index (κ2) is 10.9. The fourth-order valence-electron chi connectivity index (χ4n) is 3.27. The Hall–Kier alpha value is -3.73. The summed E-state index contributed by atoms with van der Waals surface area (Å²) in [6.07, 6.45) is 1.48. The lowest BCUT2D eigenvalue weighted by Crippen LogP contribution is -2.34. The molecule has 1 saturated heterocycles. The van der Waals surface area contributed by atoms with Crippen LogP contribution in [0.3, 0.4) is 0 Å². The van der Waals surface area contributed by atoms with Crippen molar-refractivity contribution >= 4 is 39.5 Å². The molecule has 3 rings (SSSR count). The third-order valence-electron chi connectivity index (χ3n) is 5.08. The number of urea groups is 1. The Morgan fingerprint density at radius 3 is 2.35 bits per heavy atom. The zero-order chi connectivity index (χ0) is 24.7. The van der Waals surface area contributed by atoms with Gasteiger partial charge in [-0.2, -0.15) is 0 Å². The van der Waals surface area contributed by atoms with Gasteiger partial charge in [0.15, 0.2) is 0 Å². The van der Waals surface area contributed by atoms with Crippen LogP contribution in [0.2, 0.25) is 0 Å². The van der Waals surface area contributed by atoms with Crippen molar-refractivity contribution in [3.05, 3.63) is 59.7 Å². The van der Waals surface area contributed by atoms with Gasteiger partial charge in [0.1, 0.15) is 0 Å². The average molecular weight is 488 g/mol. The Morgan fingerprint density at radius 2 is 1.68 bits per heavy atom. The predicted molar refractivity (Wildman–Crippen MR) is 122 cm³/mol. The van der Waals surface area contributed by atoms with Crippen molar-refractivity contribution in [2.45, 2.75) is 37.5 Å². The molecule has 1 fully saturated rings. The third-order valence-corrected chi connectivity index (χ3v) is 6.43. The Balaban J connectivity index is 1.47. The molecule has 10 nitrogen and oxygen atoms in total. The van der Waals surface area contributed by atoms with Gasteiger partial charge >= 0.3 is 12.0 Å². The van der Waals surface area contributed by atoms with E-state index in [0.717, 1.165) is 5.56 Å². The van der Waals surface area contributed by atoms with Crippen LogP contribution in [0.5, 0.6) is 0 Å². The molecule has 4 amide bonds. The fraction of sp³-hybridized carbons (Fsp3) is 0.304. The smallest absolute Gasteiger partial charge is 0.338 e. The van der Waals surface area contributed by atoms with E-state index in [1.165, 1.54) is 41.3 Å². The molecule has 0 unspecified atom stereocenters. The van der Waals surface area contributed by atoms with Crippen molar-refractivity contribution in [3.8, 4) is 0 Å². The number of carbonyl (C=O) groups is 4. The number of unbranched alkanes of at least 4 members (excludes halogenated alkanes) is 1. The summed E-state index contributed by atoms with van der Waals surface area (Å²) in [5, 5.41) is 2.38. The van der Waals surface area contributed by atoms with Crippen molar-refractivity contribution < 1.29 is 32.3 Å². The molecule has 1 aliphatic rings. The minimum absolute atomic E-state index is 0.0518. The van der Waals surface area contributed by atoms with E-state index >= 15 is 0 Å². The number of nitrogens with zero attached hydrogens (tertiary/aromatic N) is 1. The number of carbonyl (C=O) groups excluding carboxylic acids is 4.